The fraction of sp³-hybridized carbons (Fsp3) is 0.263. The van der Waals surface area contributed by atoms with E-state index in [9.17, 15) is 14.7 Å². The van der Waals surface area contributed by atoms with Crippen molar-refractivity contribution in [3.8, 4) is 11.5 Å². The number of carbonyl (C=O) groups is 2. The van der Waals surface area contributed by atoms with Crippen LogP contribution >= 0.6 is 0 Å². The van der Waals surface area contributed by atoms with Gasteiger partial charge in [-0.2, -0.15) is 0 Å². The topological polar surface area (TPSA) is 82.1 Å². The Morgan fingerprint density at radius 1 is 1.04 bits per heavy atom. The van der Waals surface area contributed by atoms with Gasteiger partial charge in [0, 0.05) is 0 Å². The van der Waals surface area contributed by atoms with E-state index in [0.29, 0.717) is 17.1 Å². The van der Waals surface area contributed by atoms with E-state index < -0.39 is 18.0 Å². The van der Waals surface area contributed by atoms with Gasteiger partial charge in [-0.3, -0.25) is 0 Å². The summed E-state index contributed by atoms with van der Waals surface area (Å²) in [6.07, 6.45) is -0.872. The molecule has 132 valence electrons. The second-order valence-corrected chi connectivity index (χ2v) is 5.49. The van der Waals surface area contributed by atoms with Crippen molar-refractivity contribution in [2.75, 3.05) is 14.2 Å². The molecule has 2 rings (SSSR count). The first kappa shape index (κ1) is 18.5. The average Bonchev–Trinajstić information content (AvgIpc) is 2.60. The summed E-state index contributed by atoms with van der Waals surface area (Å²) in [6, 6.07) is 9.36. The van der Waals surface area contributed by atoms with Gasteiger partial charge in [-0.1, -0.05) is 6.07 Å². The first-order valence-electron chi connectivity index (χ1n) is 7.64. The van der Waals surface area contributed by atoms with Gasteiger partial charge >= 0.3 is 11.9 Å². The number of methoxy groups -OCH3 is 2. The minimum absolute atomic E-state index is 0.123. The summed E-state index contributed by atoms with van der Waals surface area (Å²) in [5.41, 5.74) is 1.51. The highest BCUT2D eigenvalue weighted by molar-refractivity contribution is 5.97. The van der Waals surface area contributed by atoms with Gasteiger partial charge in [0.05, 0.1) is 31.5 Å². The number of hydrogen-bond donors (Lipinski definition) is 1. The van der Waals surface area contributed by atoms with Crippen molar-refractivity contribution in [1.29, 1.82) is 0 Å². The van der Waals surface area contributed by atoms with Crippen LogP contribution in [0.25, 0.3) is 0 Å². The maximum Gasteiger partial charge on any atom is 0.343 e. The van der Waals surface area contributed by atoms with Crippen LogP contribution in [-0.4, -0.2) is 31.3 Å². The third-order valence-electron chi connectivity index (χ3n) is 3.72. The molecule has 6 nitrogen and oxygen atoms in total. The molecule has 6 heteroatoms. The van der Waals surface area contributed by atoms with E-state index in [4.69, 9.17) is 14.2 Å². The Morgan fingerprint density at radius 2 is 1.76 bits per heavy atom. The Morgan fingerprint density at radius 3 is 2.32 bits per heavy atom. The normalized spacial score (nSPS) is 11.6. The maximum atomic E-state index is 12.4. The molecule has 0 aliphatic heterocycles. The highest BCUT2D eigenvalue weighted by Gasteiger charge is 2.19. The minimum Gasteiger partial charge on any atom is -0.496 e. The van der Waals surface area contributed by atoms with Crippen molar-refractivity contribution in [2.24, 2.45) is 0 Å². The molecule has 0 saturated carbocycles. The molecule has 2 aromatic rings. The zero-order chi connectivity index (χ0) is 18.6. The molecular weight excluding hydrogens is 324 g/mol. The predicted molar refractivity (Wildman–Crippen MR) is 91.1 cm³/mol. The molecule has 0 aliphatic carbocycles. The number of aliphatic hydroxyl groups excluding tert-OH is 1. The first-order valence-corrected chi connectivity index (χ1v) is 7.64. The van der Waals surface area contributed by atoms with Gasteiger partial charge in [0.15, 0.2) is 0 Å². The monoisotopic (exact) mass is 344 g/mol. The summed E-state index contributed by atoms with van der Waals surface area (Å²) in [7, 11) is 2.80. The van der Waals surface area contributed by atoms with Crippen molar-refractivity contribution in [3.05, 3.63) is 58.7 Å². The highest BCUT2D eigenvalue weighted by atomic mass is 16.5. The fourth-order valence-corrected chi connectivity index (χ4v) is 2.41. The summed E-state index contributed by atoms with van der Waals surface area (Å²) in [5.74, 6) is -0.200. The largest absolute Gasteiger partial charge is 0.496 e. The zero-order valence-electron chi connectivity index (χ0n) is 14.5. The van der Waals surface area contributed by atoms with Crippen LogP contribution in [0, 0.1) is 6.92 Å². The summed E-state index contributed by atoms with van der Waals surface area (Å²) in [5, 5.41) is 9.76. The Kier molecular flexibility index (Phi) is 5.77. The van der Waals surface area contributed by atoms with Crippen molar-refractivity contribution < 1.29 is 28.9 Å². The van der Waals surface area contributed by atoms with Gasteiger partial charge in [0.2, 0.25) is 0 Å². The maximum absolute atomic E-state index is 12.4. The van der Waals surface area contributed by atoms with E-state index in [2.05, 4.69) is 0 Å². The van der Waals surface area contributed by atoms with E-state index in [1.807, 2.05) is 6.92 Å². The molecule has 0 spiro atoms. The zero-order valence-corrected chi connectivity index (χ0v) is 14.5. The number of esters is 2. The van der Waals surface area contributed by atoms with Crippen molar-refractivity contribution in [1.82, 2.24) is 0 Å². The predicted octanol–water partition coefficient (Wildman–Crippen LogP) is 3.06. The van der Waals surface area contributed by atoms with Crippen molar-refractivity contribution in [2.45, 2.75) is 20.0 Å². The standard InChI is InChI=1S/C19H20O6/c1-11-9-14(6-8-17(11)23-3)25-18(21)13-5-7-15(12(2)20)16(10-13)19(22)24-4/h5-10,12,20H,1-4H3. The van der Waals surface area contributed by atoms with Crippen LogP contribution in [0.5, 0.6) is 11.5 Å². The summed E-state index contributed by atoms with van der Waals surface area (Å²) < 4.78 is 15.2. The molecule has 0 saturated heterocycles. The number of aliphatic hydroxyl groups is 1. The number of benzene rings is 2. The van der Waals surface area contributed by atoms with Crippen LogP contribution in [0.15, 0.2) is 36.4 Å². The molecule has 0 aromatic heterocycles. The molecule has 0 radical (unpaired) electrons. The first-order chi connectivity index (χ1) is 11.9. The summed E-state index contributed by atoms with van der Waals surface area (Å²) in [6.45, 7) is 3.36. The third kappa shape index (κ3) is 4.16. The molecule has 1 unspecified atom stereocenters. The van der Waals surface area contributed by atoms with E-state index in [1.54, 1.807) is 25.3 Å². The quantitative estimate of drug-likeness (QED) is 0.663. The van der Waals surface area contributed by atoms with Gasteiger partial charge in [-0.25, -0.2) is 9.59 Å². The van der Waals surface area contributed by atoms with Gasteiger partial charge in [0.25, 0.3) is 0 Å². The van der Waals surface area contributed by atoms with Crippen molar-refractivity contribution >= 4 is 11.9 Å². The lowest BCUT2D eigenvalue weighted by atomic mass is 10.0. The number of carbonyl (C=O) groups excluding carboxylic acids is 2. The van der Waals surface area contributed by atoms with Gasteiger partial charge < -0.3 is 19.3 Å². The van der Waals surface area contributed by atoms with Crippen LogP contribution in [0.3, 0.4) is 0 Å². The smallest absolute Gasteiger partial charge is 0.343 e. The van der Waals surface area contributed by atoms with E-state index >= 15 is 0 Å². The number of rotatable bonds is 5. The average molecular weight is 344 g/mol. The molecule has 0 bridgehead atoms. The Balaban J connectivity index is 2.30. The van der Waals surface area contributed by atoms with Gasteiger partial charge in [-0.15, -0.1) is 0 Å². The Labute approximate surface area is 146 Å². The summed E-state index contributed by atoms with van der Waals surface area (Å²) >= 11 is 0. The van der Waals surface area contributed by atoms with E-state index in [-0.39, 0.29) is 11.1 Å². The third-order valence-corrected chi connectivity index (χ3v) is 3.72. The van der Waals surface area contributed by atoms with Crippen molar-refractivity contribution in [3.63, 3.8) is 0 Å². The van der Waals surface area contributed by atoms with Crippen LogP contribution in [0.1, 0.15) is 44.9 Å². The fourth-order valence-electron chi connectivity index (χ4n) is 2.41. The van der Waals surface area contributed by atoms with Crippen LogP contribution in [-0.2, 0) is 4.74 Å². The molecule has 0 aliphatic rings. The van der Waals surface area contributed by atoms with Crippen LogP contribution in [0.4, 0.5) is 0 Å². The molecule has 0 heterocycles. The SMILES string of the molecule is COC(=O)c1cc(C(=O)Oc2ccc(OC)c(C)c2)ccc1C(C)O. The lowest BCUT2D eigenvalue weighted by Crippen LogP contribution is -2.13. The second kappa shape index (κ2) is 7.81. The molecule has 1 atom stereocenters. The lowest BCUT2D eigenvalue weighted by Gasteiger charge is -2.12. The second-order valence-electron chi connectivity index (χ2n) is 5.49. The van der Waals surface area contributed by atoms with Crippen LogP contribution < -0.4 is 9.47 Å². The van der Waals surface area contributed by atoms with E-state index in [1.165, 1.54) is 32.2 Å². The highest BCUT2D eigenvalue weighted by Crippen LogP contribution is 2.25. The van der Waals surface area contributed by atoms with Crippen LogP contribution in [0.2, 0.25) is 0 Å². The molecule has 0 amide bonds. The molecule has 0 fully saturated rings. The number of hydrogen-bond acceptors (Lipinski definition) is 6. The molecule has 25 heavy (non-hydrogen) atoms. The van der Waals surface area contributed by atoms with Gasteiger partial charge in [0.1, 0.15) is 11.5 Å². The number of ether oxygens (including phenoxy) is 3. The minimum atomic E-state index is -0.872. The molecule has 1 N–H and O–H groups in total. The van der Waals surface area contributed by atoms with E-state index in [0.717, 1.165) is 5.56 Å². The molecular formula is C19H20O6. The van der Waals surface area contributed by atoms with Gasteiger partial charge in [-0.05, 0) is 55.3 Å². The molecule has 2 aromatic carbocycles. The lowest BCUT2D eigenvalue weighted by molar-refractivity contribution is 0.0594. The Bertz CT molecular complexity index is 794. The summed E-state index contributed by atoms with van der Waals surface area (Å²) in [4.78, 5) is 24.2. The Hall–Kier alpha value is -2.86. The number of aryl methyl sites for hydroxylation is 1.